The summed E-state index contributed by atoms with van der Waals surface area (Å²) in [5, 5.41) is 5.29. The van der Waals surface area contributed by atoms with Gasteiger partial charge in [0.05, 0.1) is 12.1 Å². The lowest BCUT2D eigenvalue weighted by Gasteiger charge is -2.25. The molecule has 1 aliphatic carbocycles. The summed E-state index contributed by atoms with van der Waals surface area (Å²) >= 11 is 3.46. The molecule has 0 spiro atoms. The Morgan fingerprint density at radius 2 is 2.30 bits per heavy atom. The van der Waals surface area contributed by atoms with Crippen molar-refractivity contribution in [2.45, 2.75) is 44.2 Å². The predicted molar refractivity (Wildman–Crippen MR) is 88.1 cm³/mol. The summed E-state index contributed by atoms with van der Waals surface area (Å²) in [6.07, 6.45) is 7.76. The molecule has 0 bridgehead atoms. The quantitative estimate of drug-likeness (QED) is 0.813. The van der Waals surface area contributed by atoms with Crippen LogP contribution in [0, 0.1) is 5.92 Å². The molecule has 1 unspecified atom stereocenters. The van der Waals surface area contributed by atoms with Gasteiger partial charge < -0.3 is 11.1 Å². The fourth-order valence-corrected chi connectivity index (χ4v) is 4.18. The second-order valence-corrected chi connectivity index (χ2v) is 7.40. The van der Waals surface area contributed by atoms with Crippen LogP contribution in [0.1, 0.15) is 43.0 Å². The number of thiophene rings is 1. The minimum Gasteiger partial charge on any atom is -0.347 e. The Balaban J connectivity index is 1.98. The smallest absolute Gasteiger partial charge is 0.237 e. The van der Waals surface area contributed by atoms with Crippen LogP contribution in [-0.2, 0) is 4.79 Å². The summed E-state index contributed by atoms with van der Waals surface area (Å²) in [7, 11) is 0. The maximum atomic E-state index is 12.3. The van der Waals surface area contributed by atoms with Crippen LogP contribution in [0.4, 0.5) is 0 Å². The standard InChI is InChI=1S/C15H24N2OS2/c1-19-10-8-12(16)15(18)17-14(11-5-2-3-6-11)13-7-4-9-20-13/h4,7,9,11-12,14H,2-3,5-6,8,10,16H2,1H3,(H,17,18)/t12-,14?/m0/s1. The van der Waals surface area contributed by atoms with Crippen molar-refractivity contribution in [2.24, 2.45) is 11.7 Å². The maximum absolute atomic E-state index is 12.3. The molecule has 1 aromatic heterocycles. The zero-order valence-corrected chi connectivity index (χ0v) is 13.6. The first-order valence-electron chi connectivity index (χ1n) is 7.30. The summed E-state index contributed by atoms with van der Waals surface area (Å²) in [4.78, 5) is 13.5. The van der Waals surface area contributed by atoms with Crippen molar-refractivity contribution in [3.05, 3.63) is 22.4 Å². The summed E-state index contributed by atoms with van der Waals surface area (Å²) in [5.41, 5.74) is 5.98. The highest BCUT2D eigenvalue weighted by Gasteiger charge is 2.29. The molecule has 1 heterocycles. The molecule has 3 nitrogen and oxygen atoms in total. The molecule has 0 saturated heterocycles. The van der Waals surface area contributed by atoms with Crippen LogP contribution >= 0.6 is 23.1 Å². The SMILES string of the molecule is CSCC[C@H](N)C(=O)NC(c1cccs1)C1CCCC1. The predicted octanol–water partition coefficient (Wildman–Crippen LogP) is 3.18. The lowest BCUT2D eigenvalue weighted by molar-refractivity contribution is -0.123. The Morgan fingerprint density at radius 3 is 2.90 bits per heavy atom. The van der Waals surface area contributed by atoms with Crippen molar-refractivity contribution in [1.29, 1.82) is 0 Å². The van der Waals surface area contributed by atoms with Crippen LogP contribution in [0.2, 0.25) is 0 Å². The second-order valence-electron chi connectivity index (χ2n) is 5.43. The normalized spacial score (nSPS) is 18.9. The minimum atomic E-state index is -0.383. The van der Waals surface area contributed by atoms with Crippen LogP contribution in [0.15, 0.2) is 17.5 Å². The monoisotopic (exact) mass is 312 g/mol. The first kappa shape index (κ1) is 15.9. The Bertz CT molecular complexity index is 402. The fourth-order valence-electron chi connectivity index (χ4n) is 2.82. The van der Waals surface area contributed by atoms with E-state index in [0.29, 0.717) is 5.92 Å². The van der Waals surface area contributed by atoms with Crippen LogP contribution in [-0.4, -0.2) is 24.0 Å². The van der Waals surface area contributed by atoms with Crippen LogP contribution in [0.3, 0.4) is 0 Å². The summed E-state index contributed by atoms with van der Waals surface area (Å²) < 4.78 is 0. The Hall–Kier alpha value is -0.520. The first-order valence-corrected chi connectivity index (χ1v) is 9.58. The summed E-state index contributed by atoms with van der Waals surface area (Å²) in [6.45, 7) is 0. The molecular weight excluding hydrogens is 288 g/mol. The maximum Gasteiger partial charge on any atom is 0.237 e. The van der Waals surface area contributed by atoms with Crippen molar-refractivity contribution < 1.29 is 4.79 Å². The molecule has 1 aromatic rings. The number of thioether (sulfide) groups is 1. The number of nitrogens with two attached hydrogens (primary N) is 1. The van der Waals surface area contributed by atoms with E-state index < -0.39 is 0 Å². The molecule has 2 atom stereocenters. The van der Waals surface area contributed by atoms with Crippen molar-refractivity contribution >= 4 is 29.0 Å². The van der Waals surface area contributed by atoms with E-state index in [1.165, 1.54) is 30.6 Å². The molecule has 2 rings (SSSR count). The second kappa shape index (κ2) is 8.05. The van der Waals surface area contributed by atoms with E-state index in [1.807, 2.05) is 6.26 Å². The Labute approximate surface area is 129 Å². The van der Waals surface area contributed by atoms with Gasteiger partial charge in [0.15, 0.2) is 0 Å². The largest absolute Gasteiger partial charge is 0.347 e. The number of hydrogen-bond acceptors (Lipinski definition) is 4. The van der Waals surface area contributed by atoms with Gasteiger partial charge in [-0.2, -0.15) is 11.8 Å². The minimum absolute atomic E-state index is 0.00403. The topological polar surface area (TPSA) is 55.1 Å². The van der Waals surface area contributed by atoms with E-state index in [9.17, 15) is 4.79 Å². The molecule has 5 heteroatoms. The first-order chi connectivity index (χ1) is 9.72. The molecule has 0 aromatic carbocycles. The number of hydrogen-bond donors (Lipinski definition) is 2. The lowest BCUT2D eigenvalue weighted by Crippen LogP contribution is -2.43. The van der Waals surface area contributed by atoms with E-state index in [1.54, 1.807) is 23.1 Å². The third-order valence-corrected chi connectivity index (χ3v) is 5.59. The molecule has 20 heavy (non-hydrogen) atoms. The number of carbonyl (C=O) groups excluding carboxylic acids is 1. The Morgan fingerprint density at radius 1 is 1.55 bits per heavy atom. The van der Waals surface area contributed by atoms with Gasteiger partial charge in [-0.15, -0.1) is 11.3 Å². The third-order valence-electron chi connectivity index (χ3n) is 3.99. The summed E-state index contributed by atoms with van der Waals surface area (Å²) in [5.74, 6) is 1.51. The third kappa shape index (κ3) is 4.24. The van der Waals surface area contributed by atoms with Gasteiger partial charge in [-0.25, -0.2) is 0 Å². The zero-order valence-electron chi connectivity index (χ0n) is 12.0. The van der Waals surface area contributed by atoms with Gasteiger partial charge in [0.25, 0.3) is 0 Å². The van der Waals surface area contributed by atoms with Crippen LogP contribution in [0.25, 0.3) is 0 Å². The lowest BCUT2D eigenvalue weighted by atomic mass is 9.96. The van der Waals surface area contributed by atoms with Crippen molar-refractivity contribution in [3.63, 3.8) is 0 Å². The van der Waals surface area contributed by atoms with E-state index in [2.05, 4.69) is 22.8 Å². The summed E-state index contributed by atoms with van der Waals surface area (Å²) in [6, 6.07) is 3.96. The van der Waals surface area contributed by atoms with Crippen molar-refractivity contribution in [3.8, 4) is 0 Å². The average Bonchev–Trinajstić information content (AvgIpc) is 3.14. The highest BCUT2D eigenvalue weighted by atomic mass is 32.2. The molecule has 0 radical (unpaired) electrons. The zero-order chi connectivity index (χ0) is 14.4. The van der Waals surface area contributed by atoms with Gasteiger partial charge in [0.2, 0.25) is 5.91 Å². The van der Waals surface area contributed by atoms with Gasteiger partial charge in [-0.3, -0.25) is 4.79 Å². The van der Waals surface area contributed by atoms with E-state index >= 15 is 0 Å². The van der Waals surface area contributed by atoms with Crippen LogP contribution in [0.5, 0.6) is 0 Å². The molecular formula is C15H24N2OS2. The average molecular weight is 313 g/mol. The molecule has 0 aliphatic heterocycles. The van der Waals surface area contributed by atoms with E-state index in [0.717, 1.165) is 12.2 Å². The number of amides is 1. The highest BCUT2D eigenvalue weighted by Crippen LogP contribution is 2.37. The Kier molecular flexibility index (Phi) is 6.39. The van der Waals surface area contributed by atoms with Crippen LogP contribution < -0.4 is 11.1 Å². The van der Waals surface area contributed by atoms with Gasteiger partial charge in [-0.05, 0) is 48.6 Å². The molecule has 3 N–H and O–H groups in total. The van der Waals surface area contributed by atoms with Crippen molar-refractivity contribution in [1.82, 2.24) is 5.32 Å². The van der Waals surface area contributed by atoms with E-state index in [4.69, 9.17) is 5.73 Å². The van der Waals surface area contributed by atoms with Crippen molar-refractivity contribution in [2.75, 3.05) is 12.0 Å². The molecule has 1 saturated carbocycles. The molecule has 112 valence electrons. The molecule has 1 aliphatic rings. The number of nitrogens with one attached hydrogen (secondary N) is 1. The number of rotatable bonds is 7. The van der Waals surface area contributed by atoms with Gasteiger partial charge >= 0.3 is 0 Å². The van der Waals surface area contributed by atoms with Gasteiger partial charge in [-0.1, -0.05) is 18.9 Å². The molecule has 1 amide bonds. The van der Waals surface area contributed by atoms with Gasteiger partial charge in [0.1, 0.15) is 0 Å². The van der Waals surface area contributed by atoms with Gasteiger partial charge in [0, 0.05) is 4.88 Å². The fraction of sp³-hybridized carbons (Fsp3) is 0.667. The highest BCUT2D eigenvalue weighted by molar-refractivity contribution is 7.98. The van der Waals surface area contributed by atoms with E-state index in [-0.39, 0.29) is 18.0 Å². The molecule has 1 fully saturated rings. The number of carbonyl (C=O) groups is 1.